The number of rotatable bonds is 0. The van der Waals surface area contributed by atoms with Crippen LogP contribution in [-0.2, 0) is 6.42 Å². The Balaban J connectivity index is 2.09. The van der Waals surface area contributed by atoms with Crippen molar-refractivity contribution in [3.8, 4) is 0 Å². The van der Waals surface area contributed by atoms with Gasteiger partial charge in [0, 0.05) is 11.1 Å². The van der Waals surface area contributed by atoms with Gasteiger partial charge in [-0.1, -0.05) is 6.07 Å². The molecule has 2 aliphatic carbocycles. The highest BCUT2D eigenvalue weighted by Gasteiger charge is 2.52. The molecule has 1 unspecified atom stereocenters. The maximum atomic E-state index is 10.2. The van der Waals surface area contributed by atoms with E-state index in [2.05, 4.69) is 11.1 Å². The lowest BCUT2D eigenvalue weighted by molar-refractivity contribution is 0.0733. The largest absolute Gasteiger partial charge is 0.386 e. The minimum absolute atomic E-state index is 0.216. The maximum Gasteiger partial charge on any atom is 0.102 e. The average molecular weight is 189 g/mol. The Kier molecular flexibility index (Phi) is 1.55. The van der Waals surface area contributed by atoms with Gasteiger partial charge in [-0.3, -0.25) is 4.98 Å². The summed E-state index contributed by atoms with van der Waals surface area (Å²) in [6.07, 6.45) is 4.31. The molecule has 1 saturated carbocycles. The van der Waals surface area contributed by atoms with Crippen LogP contribution in [0.2, 0.25) is 0 Å². The normalized spacial score (nSPS) is 27.4. The van der Waals surface area contributed by atoms with Crippen molar-refractivity contribution in [1.29, 1.82) is 0 Å². The maximum absolute atomic E-state index is 10.2. The first-order valence-electron chi connectivity index (χ1n) is 5.36. The highest BCUT2D eigenvalue weighted by molar-refractivity contribution is 5.31. The van der Waals surface area contributed by atoms with E-state index in [0.717, 1.165) is 24.2 Å². The smallest absolute Gasteiger partial charge is 0.102 e. The minimum Gasteiger partial charge on any atom is -0.386 e. The lowest BCUT2D eigenvalue weighted by Crippen LogP contribution is -2.23. The van der Waals surface area contributed by atoms with Gasteiger partial charge in [-0.2, -0.15) is 0 Å². The van der Waals surface area contributed by atoms with E-state index >= 15 is 0 Å². The van der Waals surface area contributed by atoms with Crippen molar-refractivity contribution < 1.29 is 5.11 Å². The van der Waals surface area contributed by atoms with Crippen molar-refractivity contribution in [2.24, 2.45) is 5.41 Å². The van der Waals surface area contributed by atoms with Crippen LogP contribution in [0.4, 0.5) is 0 Å². The number of hydrogen-bond donors (Lipinski definition) is 1. The zero-order valence-corrected chi connectivity index (χ0v) is 8.45. The van der Waals surface area contributed by atoms with Crippen LogP contribution in [0.5, 0.6) is 0 Å². The van der Waals surface area contributed by atoms with Crippen LogP contribution in [0.1, 0.15) is 42.3 Å². The number of aliphatic hydroxyl groups excluding tert-OH is 1. The Morgan fingerprint density at radius 3 is 2.86 bits per heavy atom. The van der Waals surface area contributed by atoms with Gasteiger partial charge < -0.3 is 5.11 Å². The fraction of sp³-hybridized carbons (Fsp3) is 0.583. The molecule has 1 atom stereocenters. The van der Waals surface area contributed by atoms with Crippen molar-refractivity contribution >= 4 is 0 Å². The number of aliphatic hydroxyl groups is 1. The van der Waals surface area contributed by atoms with Crippen molar-refractivity contribution in [1.82, 2.24) is 4.98 Å². The zero-order valence-electron chi connectivity index (χ0n) is 8.45. The molecule has 2 heteroatoms. The van der Waals surface area contributed by atoms with E-state index < -0.39 is 0 Å². The SMILES string of the molecule is Cc1ccc2c(n1)C(O)C1(CC2)CC1. The molecule has 1 aromatic heterocycles. The van der Waals surface area contributed by atoms with Gasteiger partial charge in [0.2, 0.25) is 0 Å². The second-order valence-electron chi connectivity index (χ2n) is 4.76. The molecule has 0 aromatic carbocycles. The van der Waals surface area contributed by atoms with E-state index in [0.29, 0.717) is 0 Å². The topological polar surface area (TPSA) is 33.1 Å². The Morgan fingerprint density at radius 2 is 2.14 bits per heavy atom. The third-order valence-electron chi connectivity index (χ3n) is 3.78. The van der Waals surface area contributed by atoms with E-state index in [9.17, 15) is 5.11 Å². The number of hydrogen-bond acceptors (Lipinski definition) is 2. The van der Waals surface area contributed by atoms with E-state index in [1.807, 2.05) is 13.0 Å². The number of aromatic nitrogens is 1. The summed E-state index contributed by atoms with van der Waals surface area (Å²) in [5.41, 5.74) is 3.43. The Hall–Kier alpha value is -0.890. The van der Waals surface area contributed by atoms with E-state index in [-0.39, 0.29) is 11.5 Å². The van der Waals surface area contributed by atoms with Crippen molar-refractivity contribution in [3.05, 3.63) is 29.1 Å². The van der Waals surface area contributed by atoms with Crippen LogP contribution in [0.25, 0.3) is 0 Å². The van der Waals surface area contributed by atoms with Gasteiger partial charge >= 0.3 is 0 Å². The quantitative estimate of drug-likeness (QED) is 0.678. The van der Waals surface area contributed by atoms with Crippen LogP contribution >= 0.6 is 0 Å². The van der Waals surface area contributed by atoms with Crippen molar-refractivity contribution in [2.75, 3.05) is 0 Å². The highest BCUT2D eigenvalue weighted by Crippen LogP contribution is 2.60. The van der Waals surface area contributed by atoms with Gasteiger partial charge in [0.05, 0.1) is 5.69 Å². The molecule has 2 aliphatic rings. The van der Waals surface area contributed by atoms with Gasteiger partial charge in [0.15, 0.2) is 0 Å². The van der Waals surface area contributed by atoms with Crippen LogP contribution in [0, 0.1) is 12.3 Å². The van der Waals surface area contributed by atoms with Gasteiger partial charge in [0.25, 0.3) is 0 Å². The third-order valence-corrected chi connectivity index (χ3v) is 3.78. The molecule has 1 N–H and O–H groups in total. The fourth-order valence-electron chi connectivity index (χ4n) is 2.55. The lowest BCUT2D eigenvalue weighted by atomic mass is 9.81. The van der Waals surface area contributed by atoms with Gasteiger partial charge in [-0.05, 0) is 44.2 Å². The summed E-state index contributed by atoms with van der Waals surface area (Å²) in [4.78, 5) is 4.48. The van der Waals surface area contributed by atoms with Gasteiger partial charge in [0.1, 0.15) is 6.10 Å². The number of aryl methyl sites for hydroxylation is 2. The molecule has 0 saturated heterocycles. The summed E-state index contributed by atoms with van der Waals surface area (Å²) in [7, 11) is 0. The molecule has 2 nitrogen and oxygen atoms in total. The van der Waals surface area contributed by atoms with Crippen molar-refractivity contribution in [3.63, 3.8) is 0 Å². The first-order valence-corrected chi connectivity index (χ1v) is 5.36. The monoisotopic (exact) mass is 189 g/mol. The van der Waals surface area contributed by atoms with Crippen LogP contribution in [0.15, 0.2) is 12.1 Å². The molecule has 14 heavy (non-hydrogen) atoms. The molecular formula is C12H15NO. The predicted molar refractivity (Wildman–Crippen MR) is 53.9 cm³/mol. The molecule has 3 rings (SSSR count). The molecular weight excluding hydrogens is 174 g/mol. The summed E-state index contributed by atoms with van der Waals surface area (Å²) >= 11 is 0. The molecule has 0 amide bonds. The first-order chi connectivity index (χ1) is 6.71. The molecule has 0 aliphatic heterocycles. The molecule has 1 heterocycles. The Bertz CT molecular complexity index is 382. The molecule has 1 aromatic rings. The molecule has 74 valence electrons. The first kappa shape index (κ1) is 8.42. The van der Waals surface area contributed by atoms with Crippen LogP contribution in [0.3, 0.4) is 0 Å². The summed E-state index contributed by atoms with van der Waals surface area (Å²) in [5, 5.41) is 10.2. The van der Waals surface area contributed by atoms with Crippen LogP contribution < -0.4 is 0 Å². The molecule has 1 fully saturated rings. The Labute approximate surface area is 84.0 Å². The highest BCUT2D eigenvalue weighted by atomic mass is 16.3. The minimum atomic E-state index is -0.300. The average Bonchev–Trinajstić information content (AvgIpc) is 2.94. The summed E-state index contributed by atoms with van der Waals surface area (Å²) in [6, 6.07) is 4.16. The third kappa shape index (κ3) is 1.04. The molecule has 1 spiro atoms. The van der Waals surface area contributed by atoms with Gasteiger partial charge in [-0.25, -0.2) is 0 Å². The molecule has 0 bridgehead atoms. The van der Waals surface area contributed by atoms with Crippen molar-refractivity contribution in [2.45, 2.75) is 38.7 Å². The lowest BCUT2D eigenvalue weighted by Gasteiger charge is -2.29. The number of fused-ring (bicyclic) bond motifs is 1. The summed E-state index contributed by atoms with van der Waals surface area (Å²) in [5.74, 6) is 0. The van der Waals surface area contributed by atoms with Gasteiger partial charge in [-0.15, -0.1) is 0 Å². The van der Waals surface area contributed by atoms with E-state index in [4.69, 9.17) is 0 Å². The summed E-state index contributed by atoms with van der Waals surface area (Å²) in [6.45, 7) is 1.99. The van der Waals surface area contributed by atoms with Crippen LogP contribution in [-0.4, -0.2) is 10.1 Å². The summed E-state index contributed by atoms with van der Waals surface area (Å²) < 4.78 is 0. The zero-order chi connectivity index (χ0) is 9.76. The second kappa shape index (κ2) is 2.57. The fourth-order valence-corrected chi connectivity index (χ4v) is 2.55. The Morgan fingerprint density at radius 1 is 1.36 bits per heavy atom. The second-order valence-corrected chi connectivity index (χ2v) is 4.76. The van der Waals surface area contributed by atoms with E-state index in [1.54, 1.807) is 0 Å². The number of pyridine rings is 1. The standard InChI is InChI=1S/C12H15NO/c1-8-2-3-9-4-5-12(6-7-12)11(14)10(9)13-8/h2-3,11,14H,4-7H2,1H3. The van der Waals surface area contributed by atoms with E-state index in [1.165, 1.54) is 18.4 Å². The molecule has 0 radical (unpaired) electrons. The predicted octanol–water partition coefficient (Wildman–Crippen LogP) is 2.15. The number of nitrogens with zero attached hydrogens (tertiary/aromatic N) is 1.